The molecule has 5 atom stereocenters. The van der Waals surface area contributed by atoms with Gasteiger partial charge in [0.1, 0.15) is 12.2 Å². The van der Waals surface area contributed by atoms with Crippen LogP contribution in [0.25, 0.3) is 0 Å². The first-order valence-electron chi connectivity index (χ1n) is 4.14. The quantitative estimate of drug-likeness (QED) is 0.270. The van der Waals surface area contributed by atoms with Gasteiger partial charge in [-0.05, 0) is 0 Å². The molecule has 0 aromatic rings. The van der Waals surface area contributed by atoms with Crippen molar-refractivity contribution in [2.24, 2.45) is 0 Å². The predicted molar refractivity (Wildman–Crippen MR) is 42.9 cm³/mol. The summed E-state index contributed by atoms with van der Waals surface area (Å²) in [6, 6.07) is -0.802. The van der Waals surface area contributed by atoms with Crippen LogP contribution in [0.1, 0.15) is 0 Å². The number of piperidine rings is 1. The van der Waals surface area contributed by atoms with Gasteiger partial charge in [-0.1, -0.05) is 0 Å². The zero-order valence-corrected chi connectivity index (χ0v) is 7.04. The zero-order valence-electron chi connectivity index (χ0n) is 7.04. The molecule has 0 radical (unpaired) electrons. The molecule has 0 saturated carbocycles. The lowest BCUT2D eigenvalue weighted by molar-refractivity contribution is -0.118. The van der Waals surface area contributed by atoms with Crippen LogP contribution in [0.5, 0.6) is 0 Å². The Labute approximate surface area is 75.4 Å². The molecule has 0 spiro atoms. The molecule has 1 rings (SSSR count). The maximum absolute atomic E-state index is 9.37. The van der Waals surface area contributed by atoms with Crippen molar-refractivity contribution in [2.45, 2.75) is 30.5 Å². The maximum Gasteiger partial charge on any atom is 0.109 e. The van der Waals surface area contributed by atoms with Crippen LogP contribution in [-0.4, -0.2) is 69.1 Å². The molecule has 0 unspecified atom stereocenters. The minimum absolute atomic E-state index is 0.0833. The van der Waals surface area contributed by atoms with Crippen molar-refractivity contribution in [1.82, 2.24) is 5.32 Å². The van der Waals surface area contributed by atoms with Gasteiger partial charge >= 0.3 is 0 Å². The molecule has 0 aliphatic carbocycles. The lowest BCUT2D eigenvalue weighted by atomic mass is 9.93. The molecule has 6 heteroatoms. The lowest BCUT2D eigenvalue weighted by Crippen LogP contribution is -2.63. The number of β-amino-alcohol motifs (C(OH)–C–C–N with tert-alkyl or cyclic N) is 1. The van der Waals surface area contributed by atoms with E-state index in [1.807, 2.05) is 0 Å². The van der Waals surface area contributed by atoms with Crippen LogP contribution in [0.2, 0.25) is 0 Å². The van der Waals surface area contributed by atoms with Crippen LogP contribution in [0, 0.1) is 0 Å². The third-order valence-corrected chi connectivity index (χ3v) is 2.28. The highest BCUT2D eigenvalue weighted by Crippen LogP contribution is 2.13. The van der Waals surface area contributed by atoms with E-state index in [1.54, 1.807) is 0 Å². The Morgan fingerprint density at radius 2 is 1.85 bits per heavy atom. The molecule has 0 bridgehead atoms. The minimum atomic E-state index is -1.28. The van der Waals surface area contributed by atoms with Crippen LogP contribution in [0.15, 0.2) is 0 Å². The normalized spacial score (nSPS) is 43.2. The Hall–Kier alpha value is -0.240. The second-order valence-corrected chi connectivity index (χ2v) is 3.23. The third-order valence-electron chi connectivity index (χ3n) is 2.28. The summed E-state index contributed by atoms with van der Waals surface area (Å²) in [5.74, 6) is 0. The van der Waals surface area contributed by atoms with Gasteiger partial charge in [0, 0.05) is 6.54 Å². The molecule has 13 heavy (non-hydrogen) atoms. The summed E-state index contributed by atoms with van der Waals surface area (Å²) in [6.07, 6.45) is -4.74. The monoisotopic (exact) mass is 193 g/mol. The highest BCUT2D eigenvalue weighted by atomic mass is 16.4. The van der Waals surface area contributed by atoms with Crippen molar-refractivity contribution in [3.63, 3.8) is 0 Å². The van der Waals surface area contributed by atoms with E-state index in [-0.39, 0.29) is 6.54 Å². The second kappa shape index (κ2) is 4.32. The molecule has 1 aliphatic heterocycles. The molecule has 1 saturated heterocycles. The van der Waals surface area contributed by atoms with Crippen LogP contribution < -0.4 is 5.32 Å². The van der Waals surface area contributed by atoms with E-state index in [0.717, 1.165) is 0 Å². The summed E-state index contributed by atoms with van der Waals surface area (Å²) in [4.78, 5) is 0. The molecule has 1 aliphatic rings. The topological polar surface area (TPSA) is 113 Å². The van der Waals surface area contributed by atoms with Crippen LogP contribution in [0.3, 0.4) is 0 Å². The lowest BCUT2D eigenvalue weighted by Gasteiger charge is -2.37. The Kier molecular flexibility index (Phi) is 3.60. The van der Waals surface area contributed by atoms with Crippen LogP contribution >= 0.6 is 0 Å². The predicted octanol–water partition coefficient (Wildman–Crippen LogP) is -3.61. The van der Waals surface area contributed by atoms with Crippen LogP contribution in [-0.2, 0) is 0 Å². The van der Waals surface area contributed by atoms with Gasteiger partial charge in [0.05, 0.1) is 24.9 Å². The fraction of sp³-hybridized carbons (Fsp3) is 1.00. The van der Waals surface area contributed by atoms with E-state index < -0.39 is 37.1 Å². The van der Waals surface area contributed by atoms with E-state index in [1.165, 1.54) is 0 Å². The Bertz CT molecular complexity index is 167. The summed E-state index contributed by atoms with van der Waals surface area (Å²) in [5.41, 5.74) is 0. The van der Waals surface area contributed by atoms with Gasteiger partial charge in [-0.25, -0.2) is 0 Å². The van der Waals surface area contributed by atoms with Crippen molar-refractivity contribution in [3.05, 3.63) is 0 Å². The number of hydrogen-bond donors (Lipinski definition) is 6. The van der Waals surface area contributed by atoms with E-state index in [2.05, 4.69) is 5.32 Å². The maximum atomic E-state index is 9.37. The molecular formula is C7H15NO5. The highest BCUT2D eigenvalue weighted by molar-refractivity contribution is 4.95. The van der Waals surface area contributed by atoms with Gasteiger partial charge in [0.2, 0.25) is 0 Å². The SMILES string of the molecule is OC[C@H](O)[C@@H]1NC[C@@H](O)[C@@H](O)[C@@H]1O. The van der Waals surface area contributed by atoms with Crippen molar-refractivity contribution >= 4 is 0 Å². The average Bonchev–Trinajstić information content (AvgIpc) is 2.13. The zero-order chi connectivity index (χ0) is 10.0. The third kappa shape index (κ3) is 2.16. The van der Waals surface area contributed by atoms with Gasteiger partial charge in [-0.15, -0.1) is 0 Å². The summed E-state index contributed by atoms with van der Waals surface area (Å²) in [7, 11) is 0. The number of aliphatic hydroxyl groups is 5. The smallest absolute Gasteiger partial charge is 0.109 e. The average molecular weight is 193 g/mol. The number of hydrogen-bond acceptors (Lipinski definition) is 6. The molecule has 78 valence electrons. The van der Waals surface area contributed by atoms with Crippen molar-refractivity contribution < 1.29 is 25.5 Å². The minimum Gasteiger partial charge on any atom is -0.394 e. The molecule has 0 aromatic carbocycles. The molecule has 0 aromatic heterocycles. The Morgan fingerprint density at radius 1 is 1.23 bits per heavy atom. The largest absolute Gasteiger partial charge is 0.394 e. The first-order chi connectivity index (χ1) is 6.07. The highest BCUT2D eigenvalue weighted by Gasteiger charge is 2.39. The molecule has 0 amide bonds. The molecule has 1 heterocycles. The molecule has 6 N–H and O–H groups in total. The van der Waals surface area contributed by atoms with E-state index >= 15 is 0 Å². The van der Waals surface area contributed by atoms with Crippen LogP contribution in [0.4, 0.5) is 0 Å². The fourth-order valence-corrected chi connectivity index (χ4v) is 1.42. The van der Waals surface area contributed by atoms with E-state index in [9.17, 15) is 15.3 Å². The van der Waals surface area contributed by atoms with Crippen molar-refractivity contribution in [2.75, 3.05) is 13.2 Å². The summed E-state index contributed by atoms with van der Waals surface area (Å²) in [5, 5.41) is 48.1. The van der Waals surface area contributed by atoms with Gasteiger partial charge in [0.15, 0.2) is 0 Å². The molecule has 6 nitrogen and oxygen atoms in total. The standard InChI is InChI=1S/C7H15NO5/c9-2-4(11)5-7(13)6(12)3(10)1-8-5/h3-13H,1-2H2/t3-,4+,5+,6-,7-/m1/s1. The van der Waals surface area contributed by atoms with E-state index in [0.29, 0.717) is 0 Å². The molecular weight excluding hydrogens is 178 g/mol. The van der Waals surface area contributed by atoms with Gasteiger partial charge in [0.25, 0.3) is 0 Å². The Balaban J connectivity index is 2.58. The van der Waals surface area contributed by atoms with Crippen molar-refractivity contribution in [1.29, 1.82) is 0 Å². The first-order valence-corrected chi connectivity index (χ1v) is 4.14. The number of rotatable bonds is 2. The summed E-state index contributed by atoms with van der Waals surface area (Å²) >= 11 is 0. The number of aliphatic hydroxyl groups excluding tert-OH is 5. The second-order valence-electron chi connectivity index (χ2n) is 3.23. The number of nitrogens with one attached hydrogen (secondary N) is 1. The van der Waals surface area contributed by atoms with Crippen molar-refractivity contribution in [3.8, 4) is 0 Å². The Morgan fingerprint density at radius 3 is 2.38 bits per heavy atom. The summed E-state index contributed by atoms with van der Waals surface area (Å²) in [6.45, 7) is -0.419. The van der Waals surface area contributed by atoms with Gasteiger partial charge in [-0.2, -0.15) is 0 Å². The first kappa shape index (κ1) is 10.8. The summed E-state index contributed by atoms with van der Waals surface area (Å²) < 4.78 is 0. The fourth-order valence-electron chi connectivity index (χ4n) is 1.42. The van der Waals surface area contributed by atoms with Gasteiger partial charge < -0.3 is 30.8 Å². The molecule has 1 fully saturated rings. The van der Waals surface area contributed by atoms with E-state index in [4.69, 9.17) is 10.2 Å². The van der Waals surface area contributed by atoms with Gasteiger partial charge in [-0.3, -0.25) is 0 Å².